The van der Waals surface area contributed by atoms with E-state index in [1.165, 1.54) is 18.4 Å². The number of fused-ring (bicyclic) bond motifs is 5. The van der Waals surface area contributed by atoms with E-state index in [9.17, 15) is 0 Å². The fourth-order valence-corrected chi connectivity index (χ4v) is 2.90. The molecule has 3 rings (SSSR count). The van der Waals surface area contributed by atoms with Gasteiger partial charge < -0.3 is 5.73 Å². The molecule has 0 saturated heterocycles. The standard InChI is InChI=1S/C11H13N/c12-11-6-7-5-10(11)9-4-2-1-3-8(7)9/h1-4,7,10-11H,5-6,12H2/t7?,10?,11-/m0/s1. The smallest absolute Gasteiger partial charge is 0.0114 e. The highest BCUT2D eigenvalue weighted by atomic mass is 14.7. The fraction of sp³-hybridized carbons (Fsp3) is 0.455. The van der Waals surface area contributed by atoms with Crippen LogP contribution in [-0.2, 0) is 0 Å². The van der Waals surface area contributed by atoms with Gasteiger partial charge in [-0.2, -0.15) is 0 Å². The van der Waals surface area contributed by atoms with Crippen LogP contribution in [0.1, 0.15) is 35.8 Å². The summed E-state index contributed by atoms with van der Waals surface area (Å²) in [6, 6.07) is 9.23. The normalized spacial score (nSPS) is 36.9. The van der Waals surface area contributed by atoms with Gasteiger partial charge in [-0.05, 0) is 35.8 Å². The van der Waals surface area contributed by atoms with E-state index in [4.69, 9.17) is 5.73 Å². The van der Waals surface area contributed by atoms with Crippen molar-refractivity contribution in [2.45, 2.75) is 30.7 Å². The first-order chi connectivity index (χ1) is 5.86. The van der Waals surface area contributed by atoms with Gasteiger partial charge in [-0.25, -0.2) is 0 Å². The summed E-state index contributed by atoms with van der Waals surface area (Å²) in [4.78, 5) is 0. The van der Waals surface area contributed by atoms with Crippen LogP contribution >= 0.6 is 0 Å². The predicted octanol–water partition coefficient (Wildman–Crippen LogP) is 1.99. The molecule has 2 N–H and O–H groups in total. The van der Waals surface area contributed by atoms with Crippen molar-refractivity contribution in [3.63, 3.8) is 0 Å². The molecule has 1 aromatic carbocycles. The Bertz CT molecular complexity index is 319. The third kappa shape index (κ3) is 0.674. The molecule has 2 unspecified atom stereocenters. The van der Waals surface area contributed by atoms with Crippen molar-refractivity contribution < 1.29 is 0 Å². The molecule has 62 valence electrons. The highest BCUT2D eigenvalue weighted by Crippen LogP contribution is 2.51. The Morgan fingerprint density at radius 2 is 1.83 bits per heavy atom. The summed E-state index contributed by atoms with van der Waals surface area (Å²) < 4.78 is 0. The van der Waals surface area contributed by atoms with Crippen molar-refractivity contribution in [3.8, 4) is 0 Å². The van der Waals surface area contributed by atoms with Gasteiger partial charge in [0, 0.05) is 6.04 Å². The van der Waals surface area contributed by atoms with Gasteiger partial charge in [0.25, 0.3) is 0 Å². The first-order valence-electron chi connectivity index (χ1n) is 4.70. The largest absolute Gasteiger partial charge is 0.327 e. The Kier molecular flexibility index (Phi) is 1.17. The van der Waals surface area contributed by atoms with Gasteiger partial charge in [-0.3, -0.25) is 0 Å². The van der Waals surface area contributed by atoms with Crippen molar-refractivity contribution in [2.75, 3.05) is 0 Å². The SMILES string of the molecule is N[C@H]1CC2CC1c1ccccc12. The number of hydrogen-bond donors (Lipinski definition) is 1. The van der Waals surface area contributed by atoms with Gasteiger partial charge in [0.1, 0.15) is 0 Å². The molecule has 2 aliphatic rings. The molecule has 0 radical (unpaired) electrons. The first-order valence-corrected chi connectivity index (χ1v) is 4.70. The molecule has 0 spiro atoms. The average molecular weight is 159 g/mol. The maximum Gasteiger partial charge on any atom is 0.0114 e. The van der Waals surface area contributed by atoms with E-state index in [2.05, 4.69) is 24.3 Å². The molecule has 2 aliphatic carbocycles. The summed E-state index contributed by atoms with van der Waals surface area (Å²) in [7, 11) is 0. The summed E-state index contributed by atoms with van der Waals surface area (Å²) in [5.41, 5.74) is 9.14. The third-order valence-electron chi connectivity index (χ3n) is 3.45. The zero-order valence-corrected chi connectivity index (χ0v) is 7.03. The Balaban J connectivity index is 2.17. The van der Waals surface area contributed by atoms with Gasteiger partial charge >= 0.3 is 0 Å². The summed E-state index contributed by atoms with van der Waals surface area (Å²) >= 11 is 0. The van der Waals surface area contributed by atoms with E-state index in [1.54, 1.807) is 5.56 Å². The highest BCUT2D eigenvalue weighted by molar-refractivity contribution is 5.42. The van der Waals surface area contributed by atoms with E-state index in [-0.39, 0.29) is 0 Å². The topological polar surface area (TPSA) is 26.0 Å². The lowest BCUT2D eigenvalue weighted by Gasteiger charge is -2.20. The average Bonchev–Trinajstić information content (AvgIpc) is 2.62. The molecule has 1 fully saturated rings. The Labute approximate surface area is 72.6 Å². The monoisotopic (exact) mass is 159 g/mol. The molecule has 0 aliphatic heterocycles. The highest BCUT2D eigenvalue weighted by Gasteiger charge is 2.41. The minimum absolute atomic E-state index is 0.435. The molecule has 1 heteroatoms. The van der Waals surface area contributed by atoms with Crippen LogP contribution in [-0.4, -0.2) is 6.04 Å². The summed E-state index contributed by atoms with van der Waals surface area (Å²) in [5.74, 6) is 1.45. The van der Waals surface area contributed by atoms with Crippen LogP contribution in [0.2, 0.25) is 0 Å². The second kappa shape index (κ2) is 2.11. The van der Waals surface area contributed by atoms with E-state index < -0.39 is 0 Å². The molecular weight excluding hydrogens is 146 g/mol. The van der Waals surface area contributed by atoms with Gasteiger partial charge in [-0.1, -0.05) is 24.3 Å². The van der Waals surface area contributed by atoms with Crippen molar-refractivity contribution in [2.24, 2.45) is 5.73 Å². The summed E-state index contributed by atoms with van der Waals surface area (Å²) in [6.07, 6.45) is 2.52. The van der Waals surface area contributed by atoms with Crippen LogP contribution < -0.4 is 5.73 Å². The van der Waals surface area contributed by atoms with Crippen LogP contribution in [0.4, 0.5) is 0 Å². The van der Waals surface area contributed by atoms with Crippen molar-refractivity contribution >= 4 is 0 Å². The number of rotatable bonds is 0. The lowest BCUT2D eigenvalue weighted by Crippen LogP contribution is -2.25. The second-order valence-corrected chi connectivity index (χ2v) is 4.07. The van der Waals surface area contributed by atoms with Crippen LogP contribution in [0.5, 0.6) is 0 Å². The zero-order valence-electron chi connectivity index (χ0n) is 7.03. The lowest BCUT2D eigenvalue weighted by molar-refractivity contribution is 0.595. The maximum atomic E-state index is 6.03. The van der Waals surface area contributed by atoms with Crippen molar-refractivity contribution in [1.82, 2.24) is 0 Å². The van der Waals surface area contributed by atoms with E-state index >= 15 is 0 Å². The summed E-state index contributed by atoms with van der Waals surface area (Å²) in [5, 5.41) is 0. The van der Waals surface area contributed by atoms with Gasteiger partial charge in [0.2, 0.25) is 0 Å². The quantitative estimate of drug-likeness (QED) is 0.615. The van der Waals surface area contributed by atoms with Crippen LogP contribution in [0.3, 0.4) is 0 Å². The number of nitrogens with two attached hydrogens (primary N) is 1. The number of hydrogen-bond acceptors (Lipinski definition) is 1. The maximum absolute atomic E-state index is 6.03. The second-order valence-electron chi connectivity index (χ2n) is 4.07. The predicted molar refractivity (Wildman–Crippen MR) is 49.1 cm³/mol. The summed E-state index contributed by atoms with van der Waals surface area (Å²) in [6.45, 7) is 0. The van der Waals surface area contributed by atoms with E-state index in [0.717, 1.165) is 5.92 Å². The molecule has 0 heterocycles. The molecule has 0 amide bonds. The molecule has 0 aromatic heterocycles. The van der Waals surface area contributed by atoms with Crippen LogP contribution in [0.15, 0.2) is 24.3 Å². The Hall–Kier alpha value is -0.820. The number of benzene rings is 1. The van der Waals surface area contributed by atoms with Gasteiger partial charge in [0.15, 0.2) is 0 Å². The molecule has 1 aromatic rings. The van der Waals surface area contributed by atoms with Gasteiger partial charge in [0.05, 0.1) is 0 Å². The zero-order chi connectivity index (χ0) is 8.13. The third-order valence-corrected chi connectivity index (χ3v) is 3.45. The van der Waals surface area contributed by atoms with Crippen LogP contribution in [0, 0.1) is 0 Å². The minimum Gasteiger partial charge on any atom is -0.327 e. The van der Waals surface area contributed by atoms with Gasteiger partial charge in [-0.15, -0.1) is 0 Å². The Morgan fingerprint density at radius 1 is 1.08 bits per heavy atom. The van der Waals surface area contributed by atoms with Crippen molar-refractivity contribution in [3.05, 3.63) is 35.4 Å². The Morgan fingerprint density at radius 3 is 2.67 bits per heavy atom. The fourth-order valence-electron chi connectivity index (χ4n) is 2.90. The molecule has 2 bridgehead atoms. The van der Waals surface area contributed by atoms with E-state index in [0.29, 0.717) is 12.0 Å². The lowest BCUT2D eigenvalue weighted by atomic mass is 9.89. The van der Waals surface area contributed by atoms with Crippen LogP contribution in [0.25, 0.3) is 0 Å². The van der Waals surface area contributed by atoms with E-state index in [1.807, 2.05) is 0 Å². The molecule has 1 nitrogen and oxygen atoms in total. The van der Waals surface area contributed by atoms with Crippen molar-refractivity contribution in [1.29, 1.82) is 0 Å². The first kappa shape index (κ1) is 6.67. The molecular formula is C11H13N. The molecule has 3 atom stereocenters. The molecule has 12 heavy (non-hydrogen) atoms. The minimum atomic E-state index is 0.435. The molecule has 1 saturated carbocycles.